The summed E-state index contributed by atoms with van der Waals surface area (Å²) in [6.07, 6.45) is 2.93. The highest BCUT2D eigenvalue weighted by Crippen LogP contribution is 2.45. The molecule has 2 aliphatic heterocycles. The Morgan fingerprint density at radius 2 is 1.92 bits per heavy atom. The van der Waals surface area contributed by atoms with Crippen molar-refractivity contribution < 1.29 is 9.59 Å². The lowest BCUT2D eigenvalue weighted by atomic mass is 9.98. The molecule has 2 aliphatic rings. The zero-order chi connectivity index (χ0) is 17.6. The summed E-state index contributed by atoms with van der Waals surface area (Å²) in [5.41, 5.74) is 7.66. The van der Waals surface area contributed by atoms with Crippen LogP contribution in [0.25, 0.3) is 0 Å². The third kappa shape index (κ3) is 3.53. The Morgan fingerprint density at radius 3 is 2.62 bits per heavy atom. The third-order valence-corrected chi connectivity index (χ3v) is 6.13. The molecule has 9 heteroatoms. The lowest BCUT2D eigenvalue weighted by molar-refractivity contribution is 0.100. The highest BCUT2D eigenvalue weighted by Gasteiger charge is 2.37. The maximum Gasteiger partial charge on any atom is 0.324 e. The maximum atomic E-state index is 12.3. The molecule has 2 atom stereocenters. The van der Waals surface area contributed by atoms with E-state index in [4.69, 9.17) is 17.3 Å². The zero-order valence-corrected chi connectivity index (χ0v) is 16.1. The summed E-state index contributed by atoms with van der Waals surface area (Å²) in [6.45, 7) is 0. The van der Waals surface area contributed by atoms with E-state index in [9.17, 15) is 9.59 Å². The average Bonchev–Trinajstić information content (AvgIpc) is 3.12. The number of anilines is 2. The van der Waals surface area contributed by atoms with Gasteiger partial charge in [-0.25, -0.2) is 4.79 Å². The van der Waals surface area contributed by atoms with Gasteiger partial charge in [-0.15, -0.1) is 23.7 Å². The van der Waals surface area contributed by atoms with Crippen LogP contribution in [0.4, 0.5) is 15.5 Å². The van der Waals surface area contributed by atoms with E-state index in [1.165, 1.54) is 11.3 Å². The van der Waals surface area contributed by atoms with Gasteiger partial charge in [-0.1, -0.05) is 11.6 Å². The van der Waals surface area contributed by atoms with E-state index in [1.54, 1.807) is 24.3 Å². The Balaban J connectivity index is 0.00000196. The lowest BCUT2D eigenvalue weighted by Gasteiger charge is -2.21. The predicted molar refractivity (Wildman–Crippen MR) is 107 cm³/mol. The molecule has 0 aliphatic carbocycles. The molecule has 1 fully saturated rings. The van der Waals surface area contributed by atoms with Crippen molar-refractivity contribution in [2.45, 2.75) is 31.3 Å². The molecule has 1 aromatic carbocycles. The summed E-state index contributed by atoms with van der Waals surface area (Å²) >= 11 is 7.27. The molecule has 1 saturated heterocycles. The van der Waals surface area contributed by atoms with Gasteiger partial charge in [-0.2, -0.15) is 0 Å². The smallest absolute Gasteiger partial charge is 0.324 e. The molecule has 2 aromatic rings. The van der Waals surface area contributed by atoms with Gasteiger partial charge in [0.1, 0.15) is 5.00 Å². The summed E-state index contributed by atoms with van der Waals surface area (Å²) in [5, 5.41) is 10.2. The van der Waals surface area contributed by atoms with Crippen LogP contribution in [0.15, 0.2) is 24.3 Å². The van der Waals surface area contributed by atoms with Gasteiger partial charge in [0.15, 0.2) is 0 Å². The summed E-state index contributed by atoms with van der Waals surface area (Å²) in [7, 11) is 0. The lowest BCUT2D eigenvalue weighted by Crippen LogP contribution is -2.32. The topological polar surface area (TPSA) is 96.2 Å². The van der Waals surface area contributed by atoms with Crippen LogP contribution in [-0.2, 0) is 6.42 Å². The van der Waals surface area contributed by atoms with Gasteiger partial charge in [0.2, 0.25) is 0 Å². The van der Waals surface area contributed by atoms with Gasteiger partial charge in [-0.05, 0) is 49.1 Å². The molecule has 6 nitrogen and oxygen atoms in total. The molecule has 3 amide bonds. The van der Waals surface area contributed by atoms with Crippen molar-refractivity contribution in [3.8, 4) is 0 Å². The van der Waals surface area contributed by atoms with Gasteiger partial charge in [0.25, 0.3) is 5.91 Å². The first-order chi connectivity index (χ1) is 12.0. The molecule has 2 unspecified atom stereocenters. The summed E-state index contributed by atoms with van der Waals surface area (Å²) in [5.74, 6) is -0.499. The van der Waals surface area contributed by atoms with Crippen LogP contribution in [0.1, 0.15) is 39.7 Å². The zero-order valence-electron chi connectivity index (χ0n) is 13.7. The second kappa shape index (κ2) is 7.44. The summed E-state index contributed by atoms with van der Waals surface area (Å²) in [6, 6.07) is 7.03. The van der Waals surface area contributed by atoms with Crippen molar-refractivity contribution in [3.63, 3.8) is 0 Å². The van der Waals surface area contributed by atoms with Gasteiger partial charge < -0.3 is 16.4 Å². The minimum absolute atomic E-state index is 0. The number of urea groups is 1. The number of primary amides is 1. The van der Waals surface area contributed by atoms with Crippen LogP contribution >= 0.6 is 35.3 Å². The molecule has 4 rings (SSSR count). The van der Waals surface area contributed by atoms with Crippen LogP contribution in [0, 0.1) is 0 Å². The largest absolute Gasteiger partial charge is 0.365 e. The number of nitrogens with two attached hydrogens (primary N) is 1. The number of fused-ring (bicyclic) bond motifs is 4. The molecule has 0 saturated carbocycles. The van der Waals surface area contributed by atoms with Crippen LogP contribution in [0.2, 0.25) is 5.02 Å². The first-order valence-corrected chi connectivity index (χ1v) is 9.25. The van der Waals surface area contributed by atoms with E-state index < -0.39 is 11.9 Å². The van der Waals surface area contributed by atoms with Crippen LogP contribution in [0.3, 0.4) is 0 Å². The molecule has 138 valence electrons. The van der Waals surface area contributed by atoms with Crippen molar-refractivity contribution in [1.29, 1.82) is 0 Å². The fraction of sp³-hybridized carbons (Fsp3) is 0.294. The van der Waals surface area contributed by atoms with E-state index >= 15 is 0 Å². The number of hydrogen-bond donors (Lipinski definition) is 4. The molecule has 0 spiro atoms. The van der Waals surface area contributed by atoms with Gasteiger partial charge in [-0.3, -0.25) is 10.1 Å². The number of amides is 3. The molecule has 2 bridgehead atoms. The molecule has 5 N–H and O–H groups in total. The maximum absolute atomic E-state index is 12.3. The molecule has 1 aromatic heterocycles. The van der Waals surface area contributed by atoms with E-state index in [0.717, 1.165) is 29.7 Å². The summed E-state index contributed by atoms with van der Waals surface area (Å²) in [4.78, 5) is 25.4. The van der Waals surface area contributed by atoms with Crippen molar-refractivity contribution in [2.75, 3.05) is 10.6 Å². The molecule has 3 heterocycles. The second-order valence-corrected chi connectivity index (χ2v) is 7.79. The number of benzene rings is 1. The van der Waals surface area contributed by atoms with E-state index in [1.807, 2.05) is 0 Å². The van der Waals surface area contributed by atoms with Gasteiger partial charge in [0.05, 0.1) is 5.56 Å². The Hall–Kier alpha value is -1.80. The van der Waals surface area contributed by atoms with E-state index in [0.29, 0.717) is 27.3 Å². The number of halogens is 2. The second-order valence-electron chi connectivity index (χ2n) is 6.30. The molecule has 0 radical (unpaired) electrons. The molecular weight excluding hydrogens is 395 g/mol. The van der Waals surface area contributed by atoms with E-state index in [2.05, 4.69) is 16.0 Å². The number of carbonyl (C=O) groups excluding carboxylic acids is 2. The summed E-state index contributed by atoms with van der Waals surface area (Å²) < 4.78 is 0. The Bertz CT molecular complexity index is 853. The van der Waals surface area contributed by atoms with Crippen molar-refractivity contribution in [2.24, 2.45) is 5.73 Å². The van der Waals surface area contributed by atoms with Crippen LogP contribution < -0.4 is 21.7 Å². The minimum atomic E-state index is -0.499. The van der Waals surface area contributed by atoms with Crippen LogP contribution in [-0.4, -0.2) is 18.0 Å². The van der Waals surface area contributed by atoms with Gasteiger partial charge >= 0.3 is 6.03 Å². The average molecular weight is 413 g/mol. The predicted octanol–water partition coefficient (Wildman–Crippen LogP) is 3.92. The third-order valence-electron chi connectivity index (χ3n) is 4.62. The van der Waals surface area contributed by atoms with Crippen LogP contribution in [0.5, 0.6) is 0 Å². The highest BCUT2D eigenvalue weighted by atomic mass is 35.5. The minimum Gasteiger partial charge on any atom is -0.365 e. The standard InChI is InChI=1S/C17H17ClN4O2S.ClH/c18-8-1-3-9(4-2-8)21-17(24)22-16-13(15(19)23)11-7-10-5-6-12(20-10)14(11)25-16;/h1-4,10,12,20H,5-7H2,(H2,19,23)(H2,21,22,24);1H. The highest BCUT2D eigenvalue weighted by molar-refractivity contribution is 7.17. The van der Waals surface area contributed by atoms with Gasteiger partial charge in [0, 0.05) is 27.7 Å². The monoisotopic (exact) mass is 412 g/mol. The fourth-order valence-electron chi connectivity index (χ4n) is 3.55. The Kier molecular flexibility index (Phi) is 5.43. The first-order valence-electron chi connectivity index (χ1n) is 8.06. The van der Waals surface area contributed by atoms with Crippen molar-refractivity contribution in [1.82, 2.24) is 5.32 Å². The number of hydrogen-bond acceptors (Lipinski definition) is 4. The van der Waals surface area contributed by atoms with E-state index in [-0.39, 0.29) is 18.4 Å². The first kappa shape index (κ1) is 19.0. The van der Waals surface area contributed by atoms with Crippen molar-refractivity contribution in [3.05, 3.63) is 45.3 Å². The SMILES string of the molecule is Cl.NC(=O)c1c(NC(=O)Nc2ccc(Cl)cc2)sc2c1CC1CCC2N1. The number of carbonyl (C=O) groups is 2. The normalized spacial score (nSPS) is 20.0. The molecule has 26 heavy (non-hydrogen) atoms. The fourth-order valence-corrected chi connectivity index (χ4v) is 5.00. The number of nitrogens with one attached hydrogen (secondary N) is 3. The Labute approximate surface area is 165 Å². The molecular formula is C17H18Cl2N4O2S. The number of rotatable bonds is 3. The number of thiophene rings is 1. The Morgan fingerprint density at radius 1 is 1.19 bits per heavy atom. The van der Waals surface area contributed by atoms with Crippen molar-refractivity contribution >= 4 is 58.0 Å². The quantitative estimate of drug-likeness (QED) is 0.614.